The molecule has 1 atom stereocenters. The first-order valence-electron chi connectivity index (χ1n) is 7.77. The molecule has 1 aromatic heterocycles. The fourth-order valence-corrected chi connectivity index (χ4v) is 4.12. The highest BCUT2D eigenvalue weighted by Gasteiger charge is 2.23. The summed E-state index contributed by atoms with van der Waals surface area (Å²) in [6.07, 6.45) is 0. The monoisotopic (exact) mass is 394 g/mol. The SMILES string of the molecule is Cc1ccc(CNC2=NS(=O)N=C2Nc2cccc(P(C)(C)=O)c2O)o1. The Hall–Kier alpha value is -2.38. The summed E-state index contributed by atoms with van der Waals surface area (Å²) in [5.74, 6) is 1.88. The number of phenolic OH excluding ortho intramolecular Hbond substituents is 1. The Labute approximate surface area is 153 Å². The molecule has 1 aliphatic rings. The van der Waals surface area contributed by atoms with E-state index in [0.29, 0.717) is 29.1 Å². The minimum absolute atomic E-state index is 0.123. The Kier molecular flexibility index (Phi) is 5.02. The number of rotatable bonds is 4. The Morgan fingerprint density at radius 3 is 2.58 bits per heavy atom. The summed E-state index contributed by atoms with van der Waals surface area (Å²) in [5, 5.41) is 16.7. The van der Waals surface area contributed by atoms with Crippen LogP contribution < -0.4 is 15.9 Å². The maximum atomic E-state index is 12.3. The standard InChI is InChI=1S/C16H19N4O4PS/c1-10-7-8-11(24-10)9-17-15-16(20-26(23)19-15)18-12-5-4-6-13(14(12)21)25(2,3)22/h4-8,21H,9H2,1-3H3,(H,17,19)(H,18,20). The lowest BCUT2D eigenvalue weighted by molar-refractivity contribution is 0.478. The van der Waals surface area contributed by atoms with Crippen molar-refractivity contribution in [3.05, 3.63) is 41.9 Å². The van der Waals surface area contributed by atoms with Gasteiger partial charge in [-0.25, -0.2) is 4.21 Å². The van der Waals surface area contributed by atoms with Gasteiger partial charge >= 0.3 is 0 Å². The average Bonchev–Trinajstić information content (AvgIpc) is 3.11. The fourth-order valence-electron chi connectivity index (χ4n) is 2.41. The van der Waals surface area contributed by atoms with Crippen molar-refractivity contribution in [3.8, 4) is 5.75 Å². The third-order valence-electron chi connectivity index (χ3n) is 3.64. The van der Waals surface area contributed by atoms with Crippen molar-refractivity contribution in [1.82, 2.24) is 5.32 Å². The highest BCUT2D eigenvalue weighted by Crippen LogP contribution is 2.40. The third-order valence-corrected chi connectivity index (χ3v) is 5.84. The molecule has 3 rings (SSSR count). The molecule has 0 fully saturated rings. The van der Waals surface area contributed by atoms with Crippen LogP contribution in [0, 0.1) is 6.92 Å². The Morgan fingerprint density at radius 2 is 1.92 bits per heavy atom. The second-order valence-electron chi connectivity index (χ2n) is 6.13. The van der Waals surface area contributed by atoms with Crippen LogP contribution in [0.25, 0.3) is 0 Å². The Balaban J connectivity index is 1.78. The first kappa shape index (κ1) is 18.4. The van der Waals surface area contributed by atoms with Gasteiger partial charge in [0.05, 0.1) is 17.5 Å². The van der Waals surface area contributed by atoms with Crippen molar-refractivity contribution in [2.75, 3.05) is 18.6 Å². The molecule has 2 heterocycles. The molecule has 0 saturated heterocycles. The van der Waals surface area contributed by atoms with Crippen molar-refractivity contribution < 1.29 is 18.3 Å². The molecule has 1 unspecified atom stereocenters. The number of nitrogens with one attached hydrogen (secondary N) is 2. The molecule has 3 N–H and O–H groups in total. The van der Waals surface area contributed by atoms with Crippen molar-refractivity contribution in [1.29, 1.82) is 0 Å². The molecule has 8 nitrogen and oxygen atoms in total. The number of aryl methyl sites for hydroxylation is 1. The van der Waals surface area contributed by atoms with E-state index in [-0.39, 0.29) is 11.6 Å². The average molecular weight is 394 g/mol. The summed E-state index contributed by atoms with van der Waals surface area (Å²) in [4.78, 5) is 0. The second-order valence-corrected chi connectivity index (χ2v) is 10.1. The predicted molar refractivity (Wildman–Crippen MR) is 104 cm³/mol. The van der Waals surface area contributed by atoms with Gasteiger partial charge in [-0.3, -0.25) is 0 Å². The van der Waals surface area contributed by atoms with E-state index < -0.39 is 18.3 Å². The molecular weight excluding hydrogens is 375 g/mol. The lowest BCUT2D eigenvalue weighted by Gasteiger charge is -2.15. The molecule has 0 radical (unpaired) electrons. The van der Waals surface area contributed by atoms with E-state index in [1.54, 1.807) is 31.5 Å². The summed E-state index contributed by atoms with van der Waals surface area (Å²) in [7, 11) is -2.65. The normalized spacial score (nSPS) is 17.0. The van der Waals surface area contributed by atoms with Gasteiger partial charge in [-0.2, -0.15) is 0 Å². The molecule has 0 amide bonds. The first-order chi connectivity index (χ1) is 12.2. The molecular formula is C16H19N4O4PS. The number of phenols is 1. The highest BCUT2D eigenvalue weighted by molar-refractivity contribution is 7.83. The van der Waals surface area contributed by atoms with Crippen LogP contribution >= 0.6 is 7.14 Å². The second kappa shape index (κ2) is 7.09. The van der Waals surface area contributed by atoms with E-state index in [2.05, 4.69) is 19.4 Å². The number of anilines is 1. The van der Waals surface area contributed by atoms with Gasteiger partial charge in [0.15, 0.2) is 11.7 Å². The zero-order chi connectivity index (χ0) is 18.9. The van der Waals surface area contributed by atoms with Gasteiger partial charge in [0, 0.05) is 0 Å². The maximum absolute atomic E-state index is 12.3. The van der Waals surface area contributed by atoms with Gasteiger partial charge in [0.25, 0.3) is 11.2 Å². The Bertz CT molecular complexity index is 976. The van der Waals surface area contributed by atoms with E-state index in [1.165, 1.54) is 0 Å². The third kappa shape index (κ3) is 4.05. The van der Waals surface area contributed by atoms with Gasteiger partial charge in [0.1, 0.15) is 24.4 Å². The summed E-state index contributed by atoms with van der Waals surface area (Å²) in [5.41, 5.74) is 0.312. The number of furan rings is 1. The molecule has 0 aliphatic carbocycles. The van der Waals surface area contributed by atoms with E-state index in [1.807, 2.05) is 19.1 Å². The van der Waals surface area contributed by atoms with E-state index in [4.69, 9.17) is 4.42 Å². The number of para-hydroxylation sites is 1. The minimum atomic E-state index is -2.65. The van der Waals surface area contributed by atoms with Crippen LogP contribution in [0.4, 0.5) is 5.69 Å². The van der Waals surface area contributed by atoms with Crippen LogP contribution in [-0.2, 0) is 22.3 Å². The number of nitrogens with zero attached hydrogens (tertiary/aromatic N) is 2. The largest absolute Gasteiger partial charge is 0.505 e. The van der Waals surface area contributed by atoms with Crippen LogP contribution in [0.2, 0.25) is 0 Å². The maximum Gasteiger partial charge on any atom is 0.269 e. The minimum Gasteiger partial charge on any atom is -0.505 e. The van der Waals surface area contributed by atoms with Crippen LogP contribution in [0.15, 0.2) is 43.5 Å². The van der Waals surface area contributed by atoms with Gasteiger partial charge in [-0.1, -0.05) is 6.07 Å². The van der Waals surface area contributed by atoms with Gasteiger partial charge in [0.2, 0.25) is 0 Å². The number of aromatic hydroxyl groups is 1. The number of hydrogen-bond acceptors (Lipinski definition) is 6. The lowest BCUT2D eigenvalue weighted by Crippen LogP contribution is -2.33. The number of hydrogen-bond donors (Lipinski definition) is 3. The zero-order valence-corrected chi connectivity index (χ0v) is 16.2. The summed E-state index contributed by atoms with van der Waals surface area (Å²) in [6, 6.07) is 8.58. The lowest BCUT2D eigenvalue weighted by atomic mass is 10.3. The molecule has 0 bridgehead atoms. The van der Waals surface area contributed by atoms with Gasteiger partial charge in [-0.15, -0.1) is 8.80 Å². The molecule has 0 spiro atoms. The topological polar surface area (TPSA) is 116 Å². The van der Waals surface area contributed by atoms with Crippen LogP contribution in [-0.4, -0.2) is 34.3 Å². The van der Waals surface area contributed by atoms with Gasteiger partial charge in [-0.05, 0) is 44.5 Å². The highest BCUT2D eigenvalue weighted by atomic mass is 32.2. The van der Waals surface area contributed by atoms with Crippen LogP contribution in [0.5, 0.6) is 5.75 Å². The molecule has 2 aromatic rings. The molecule has 0 saturated carbocycles. The first-order valence-corrected chi connectivity index (χ1v) is 11.4. The van der Waals surface area contributed by atoms with E-state index >= 15 is 0 Å². The zero-order valence-electron chi connectivity index (χ0n) is 14.5. The summed E-state index contributed by atoms with van der Waals surface area (Å²) in [6.45, 7) is 5.34. The van der Waals surface area contributed by atoms with E-state index in [9.17, 15) is 13.9 Å². The number of benzene rings is 1. The molecule has 1 aromatic carbocycles. The van der Waals surface area contributed by atoms with Crippen molar-refractivity contribution in [2.45, 2.75) is 13.5 Å². The fraction of sp³-hybridized carbons (Fsp3) is 0.250. The number of amidine groups is 2. The van der Waals surface area contributed by atoms with Gasteiger partial charge < -0.3 is 24.7 Å². The molecule has 138 valence electrons. The summed E-state index contributed by atoms with van der Waals surface area (Å²) >= 11 is -1.75. The molecule has 26 heavy (non-hydrogen) atoms. The van der Waals surface area contributed by atoms with Crippen molar-refractivity contribution >= 4 is 41.0 Å². The molecule has 10 heteroatoms. The van der Waals surface area contributed by atoms with E-state index in [0.717, 1.165) is 5.76 Å². The van der Waals surface area contributed by atoms with Crippen LogP contribution in [0.1, 0.15) is 11.5 Å². The van der Waals surface area contributed by atoms with Crippen molar-refractivity contribution in [3.63, 3.8) is 0 Å². The summed E-state index contributed by atoms with van der Waals surface area (Å²) < 4.78 is 37.3. The Morgan fingerprint density at radius 1 is 1.19 bits per heavy atom. The van der Waals surface area contributed by atoms with Crippen LogP contribution in [0.3, 0.4) is 0 Å². The quantitative estimate of drug-likeness (QED) is 0.540. The smallest absolute Gasteiger partial charge is 0.269 e. The predicted octanol–water partition coefficient (Wildman–Crippen LogP) is 2.13. The van der Waals surface area contributed by atoms with Crippen molar-refractivity contribution in [2.24, 2.45) is 8.80 Å². The molecule has 1 aliphatic heterocycles.